The van der Waals surface area contributed by atoms with Crippen LogP contribution in [0.5, 0.6) is 5.75 Å². The maximum Gasteiger partial charge on any atom is 0.287 e. The molecule has 1 aliphatic rings. The third-order valence-corrected chi connectivity index (χ3v) is 4.53. The Morgan fingerprint density at radius 3 is 2.62 bits per heavy atom. The Morgan fingerprint density at radius 1 is 1.17 bits per heavy atom. The molecule has 0 radical (unpaired) electrons. The fourth-order valence-electron chi connectivity index (χ4n) is 3.07. The summed E-state index contributed by atoms with van der Waals surface area (Å²) in [4.78, 5) is 12.4. The van der Waals surface area contributed by atoms with Crippen LogP contribution in [0.25, 0.3) is 0 Å². The first kappa shape index (κ1) is 16.6. The molecule has 24 heavy (non-hydrogen) atoms. The smallest absolute Gasteiger partial charge is 0.287 e. The van der Waals surface area contributed by atoms with Crippen LogP contribution in [0.2, 0.25) is 0 Å². The van der Waals surface area contributed by atoms with Crippen molar-refractivity contribution in [1.82, 2.24) is 5.32 Å². The van der Waals surface area contributed by atoms with Crippen LogP contribution < -0.4 is 10.1 Å². The van der Waals surface area contributed by atoms with E-state index in [4.69, 9.17) is 9.15 Å². The van der Waals surface area contributed by atoms with Crippen LogP contribution in [0.1, 0.15) is 41.8 Å². The topological polar surface area (TPSA) is 71.7 Å². The van der Waals surface area contributed by atoms with E-state index in [1.54, 1.807) is 6.07 Å². The summed E-state index contributed by atoms with van der Waals surface area (Å²) in [5, 5.41) is 12.2. The molecule has 0 saturated heterocycles. The van der Waals surface area contributed by atoms with Crippen molar-refractivity contribution < 1.29 is 19.1 Å². The molecular formula is C19H23NO4. The fourth-order valence-corrected chi connectivity index (χ4v) is 3.07. The third kappa shape index (κ3) is 4.17. The van der Waals surface area contributed by atoms with Gasteiger partial charge in [0.05, 0.1) is 6.26 Å². The lowest BCUT2D eigenvalue weighted by atomic mass is 9.86. The molecule has 0 aliphatic heterocycles. The summed E-state index contributed by atoms with van der Waals surface area (Å²) in [6.45, 7) is 0.528. The molecule has 128 valence electrons. The molecule has 3 rings (SSSR count). The molecular weight excluding hydrogens is 306 g/mol. The van der Waals surface area contributed by atoms with Gasteiger partial charge >= 0.3 is 0 Å². The third-order valence-electron chi connectivity index (χ3n) is 4.53. The quantitative estimate of drug-likeness (QED) is 0.854. The van der Waals surface area contributed by atoms with Crippen molar-refractivity contribution in [1.29, 1.82) is 0 Å². The fraction of sp³-hybridized carbons (Fsp3) is 0.421. The molecule has 1 heterocycles. The van der Waals surface area contributed by atoms with E-state index in [0.29, 0.717) is 18.3 Å². The van der Waals surface area contributed by atoms with Gasteiger partial charge in [0.2, 0.25) is 0 Å². The molecule has 2 N–H and O–H groups in total. The van der Waals surface area contributed by atoms with E-state index in [1.165, 1.54) is 6.26 Å². The normalized spacial score (nSPS) is 20.5. The lowest BCUT2D eigenvalue weighted by Gasteiger charge is -2.27. The van der Waals surface area contributed by atoms with Crippen LogP contribution in [-0.2, 0) is 6.61 Å². The molecule has 5 nitrogen and oxygen atoms in total. The van der Waals surface area contributed by atoms with E-state index in [1.807, 2.05) is 30.3 Å². The van der Waals surface area contributed by atoms with E-state index in [9.17, 15) is 9.90 Å². The molecule has 2 aromatic rings. The highest BCUT2D eigenvalue weighted by molar-refractivity contribution is 5.93. The molecule has 1 saturated carbocycles. The second-order valence-electron chi connectivity index (χ2n) is 6.25. The van der Waals surface area contributed by atoms with E-state index in [-0.39, 0.29) is 18.6 Å². The molecule has 0 bridgehead atoms. The Bertz CT molecular complexity index is 644. The minimum Gasteiger partial charge on any atom is -0.489 e. The van der Waals surface area contributed by atoms with Gasteiger partial charge in [0.1, 0.15) is 12.4 Å². The zero-order valence-electron chi connectivity index (χ0n) is 13.6. The zero-order valence-corrected chi connectivity index (χ0v) is 13.6. The Balaban J connectivity index is 1.55. The predicted molar refractivity (Wildman–Crippen MR) is 89.8 cm³/mol. The highest BCUT2D eigenvalue weighted by Crippen LogP contribution is 2.24. The summed E-state index contributed by atoms with van der Waals surface area (Å²) in [6.07, 6.45) is 5.20. The Labute approximate surface area is 141 Å². The molecule has 1 amide bonds. The zero-order chi connectivity index (χ0) is 16.8. The van der Waals surface area contributed by atoms with Crippen molar-refractivity contribution in [3.8, 4) is 5.75 Å². The molecule has 0 unspecified atom stereocenters. The van der Waals surface area contributed by atoms with Crippen LogP contribution >= 0.6 is 0 Å². The Morgan fingerprint density at radius 2 is 1.92 bits per heavy atom. The molecule has 0 spiro atoms. The van der Waals surface area contributed by atoms with E-state index < -0.39 is 0 Å². The Hall–Kier alpha value is -2.27. The number of rotatable bonds is 6. The van der Waals surface area contributed by atoms with Crippen molar-refractivity contribution in [2.24, 2.45) is 5.92 Å². The summed E-state index contributed by atoms with van der Waals surface area (Å²) in [5.41, 5.74) is 0.736. The lowest BCUT2D eigenvalue weighted by Crippen LogP contribution is -2.38. The number of carbonyl (C=O) groups excluding carboxylic acids is 1. The number of aliphatic hydroxyl groups is 1. The first-order valence-corrected chi connectivity index (χ1v) is 8.42. The molecule has 0 atom stereocenters. The van der Waals surface area contributed by atoms with E-state index in [2.05, 4.69) is 5.32 Å². The SMILES string of the molecule is O=C(NC1CCC(CO)CC1)c1occc1COc1ccccc1. The number of ether oxygens (including phenoxy) is 1. The number of benzene rings is 1. The van der Waals surface area contributed by atoms with Gasteiger partial charge in [0, 0.05) is 18.2 Å². The van der Waals surface area contributed by atoms with Crippen molar-refractivity contribution in [2.45, 2.75) is 38.3 Å². The van der Waals surface area contributed by atoms with E-state index >= 15 is 0 Å². The number of amides is 1. The highest BCUT2D eigenvalue weighted by Gasteiger charge is 2.24. The van der Waals surface area contributed by atoms with E-state index in [0.717, 1.165) is 37.0 Å². The average molecular weight is 329 g/mol. The number of hydrogen-bond acceptors (Lipinski definition) is 4. The van der Waals surface area contributed by atoms with Gasteiger partial charge in [-0.2, -0.15) is 0 Å². The van der Waals surface area contributed by atoms with Crippen molar-refractivity contribution in [2.75, 3.05) is 6.61 Å². The van der Waals surface area contributed by atoms with Crippen molar-refractivity contribution >= 4 is 5.91 Å². The van der Waals surface area contributed by atoms with Gasteiger partial charge in [-0.15, -0.1) is 0 Å². The number of aliphatic hydroxyl groups excluding tert-OH is 1. The second-order valence-corrected chi connectivity index (χ2v) is 6.25. The van der Waals surface area contributed by atoms with Crippen LogP contribution in [0, 0.1) is 5.92 Å². The standard InChI is InChI=1S/C19H23NO4/c21-12-14-6-8-16(9-7-14)20-19(22)18-15(10-11-23-18)13-24-17-4-2-1-3-5-17/h1-5,10-11,14,16,21H,6-9,12-13H2,(H,20,22). The maximum atomic E-state index is 12.4. The lowest BCUT2D eigenvalue weighted by molar-refractivity contribution is 0.0882. The molecule has 1 aromatic carbocycles. The van der Waals surface area contributed by atoms with Crippen molar-refractivity contribution in [3.05, 3.63) is 54.0 Å². The summed E-state index contributed by atoms with van der Waals surface area (Å²) in [7, 11) is 0. The maximum absolute atomic E-state index is 12.4. The van der Waals surface area contributed by atoms with Crippen LogP contribution in [-0.4, -0.2) is 23.7 Å². The molecule has 1 fully saturated rings. The largest absolute Gasteiger partial charge is 0.489 e. The van der Waals surface area contributed by atoms with Gasteiger partial charge in [-0.3, -0.25) is 4.79 Å². The minimum absolute atomic E-state index is 0.147. The van der Waals surface area contributed by atoms with Crippen LogP contribution in [0.4, 0.5) is 0 Å². The summed E-state index contributed by atoms with van der Waals surface area (Å²) >= 11 is 0. The number of para-hydroxylation sites is 1. The van der Waals surface area contributed by atoms with Gasteiger partial charge in [-0.1, -0.05) is 18.2 Å². The van der Waals surface area contributed by atoms with Crippen molar-refractivity contribution in [3.63, 3.8) is 0 Å². The summed E-state index contributed by atoms with van der Waals surface area (Å²) in [5.74, 6) is 1.25. The predicted octanol–water partition coefficient (Wildman–Crippen LogP) is 3.14. The Kier molecular flexibility index (Phi) is 5.54. The average Bonchev–Trinajstić information content (AvgIpc) is 3.10. The van der Waals surface area contributed by atoms with Gasteiger partial charge in [-0.05, 0) is 49.8 Å². The van der Waals surface area contributed by atoms with Gasteiger partial charge in [0.25, 0.3) is 5.91 Å². The monoisotopic (exact) mass is 329 g/mol. The van der Waals surface area contributed by atoms with Crippen LogP contribution in [0.15, 0.2) is 47.1 Å². The summed E-state index contributed by atoms with van der Waals surface area (Å²) in [6, 6.07) is 11.4. The molecule has 5 heteroatoms. The number of nitrogens with one attached hydrogen (secondary N) is 1. The van der Waals surface area contributed by atoms with Gasteiger partial charge in [0.15, 0.2) is 5.76 Å². The molecule has 1 aliphatic carbocycles. The minimum atomic E-state index is -0.195. The number of furan rings is 1. The number of carbonyl (C=O) groups is 1. The molecule has 1 aromatic heterocycles. The van der Waals surface area contributed by atoms with Gasteiger partial charge < -0.3 is 19.6 Å². The highest BCUT2D eigenvalue weighted by atomic mass is 16.5. The summed E-state index contributed by atoms with van der Waals surface area (Å²) < 4.78 is 11.1. The number of hydrogen-bond donors (Lipinski definition) is 2. The first-order chi connectivity index (χ1) is 11.8. The first-order valence-electron chi connectivity index (χ1n) is 8.42. The second kappa shape index (κ2) is 8.02. The van der Waals surface area contributed by atoms with Crippen LogP contribution in [0.3, 0.4) is 0 Å². The van der Waals surface area contributed by atoms with Gasteiger partial charge in [-0.25, -0.2) is 0 Å².